The van der Waals surface area contributed by atoms with Crippen molar-refractivity contribution in [1.82, 2.24) is 5.32 Å². The van der Waals surface area contributed by atoms with Gasteiger partial charge in [-0.15, -0.1) is 0 Å². The Morgan fingerprint density at radius 3 is 2.33 bits per heavy atom. The summed E-state index contributed by atoms with van der Waals surface area (Å²) in [5.74, 6) is 1.04. The minimum atomic E-state index is -0.433. The summed E-state index contributed by atoms with van der Waals surface area (Å²) in [6.45, 7) is 1.50. The number of esters is 1. The number of aryl methyl sites for hydroxylation is 1. The third-order valence-electron chi connectivity index (χ3n) is 5.35. The smallest absolute Gasteiger partial charge is 0.337 e. The average molecular weight is 413 g/mol. The maximum absolute atomic E-state index is 12.2. The maximum Gasteiger partial charge on any atom is 0.337 e. The van der Waals surface area contributed by atoms with Gasteiger partial charge < -0.3 is 24.3 Å². The predicted octanol–water partition coefficient (Wildman–Crippen LogP) is 3.68. The number of rotatable bonds is 5. The van der Waals surface area contributed by atoms with Crippen molar-refractivity contribution >= 4 is 11.9 Å². The molecule has 0 aromatic heterocycles. The Bertz CT molecular complexity index is 969. The summed E-state index contributed by atoms with van der Waals surface area (Å²) >= 11 is 0. The third kappa shape index (κ3) is 3.92. The molecule has 0 spiro atoms. The number of nitrogens with one attached hydrogen (secondary N) is 1. The van der Waals surface area contributed by atoms with E-state index in [1.54, 1.807) is 33.5 Å². The zero-order valence-electron chi connectivity index (χ0n) is 18.0. The quantitative estimate of drug-likeness (QED) is 0.753. The molecule has 2 aromatic rings. The fraction of sp³-hybridized carbons (Fsp3) is 0.391. The molecule has 0 bridgehead atoms. The van der Waals surface area contributed by atoms with Crippen molar-refractivity contribution in [3.63, 3.8) is 0 Å². The summed E-state index contributed by atoms with van der Waals surface area (Å²) in [7, 11) is 6.07. The van der Waals surface area contributed by atoms with E-state index in [1.807, 2.05) is 12.1 Å². The van der Waals surface area contributed by atoms with Crippen LogP contribution >= 0.6 is 0 Å². The standard InChI is InChI=1S/C23H27NO6/c1-13(25)24-18-8-6-7-14-12-19(27-2)21(28-3)22(29-4)20(14)17-11-15(23(26)30-5)9-10-16(17)18/h9-12,18H,6-8H2,1-5H3,(H,24,25). The van der Waals surface area contributed by atoms with Crippen molar-refractivity contribution in [3.8, 4) is 28.4 Å². The Morgan fingerprint density at radius 2 is 1.73 bits per heavy atom. The molecule has 2 aromatic carbocycles. The molecule has 0 saturated carbocycles. The maximum atomic E-state index is 12.2. The molecule has 0 heterocycles. The third-order valence-corrected chi connectivity index (χ3v) is 5.35. The van der Waals surface area contributed by atoms with Crippen LogP contribution in [0.5, 0.6) is 17.2 Å². The zero-order valence-corrected chi connectivity index (χ0v) is 18.0. The van der Waals surface area contributed by atoms with Gasteiger partial charge in [0.2, 0.25) is 11.7 Å². The van der Waals surface area contributed by atoms with Crippen LogP contribution in [0.25, 0.3) is 11.1 Å². The Hall–Kier alpha value is -3.22. The highest BCUT2D eigenvalue weighted by atomic mass is 16.5. The molecule has 0 fully saturated rings. The molecule has 160 valence electrons. The van der Waals surface area contributed by atoms with Gasteiger partial charge in [0.05, 0.1) is 40.0 Å². The van der Waals surface area contributed by atoms with Gasteiger partial charge in [0.1, 0.15) is 0 Å². The number of carbonyl (C=O) groups excluding carboxylic acids is 2. The van der Waals surface area contributed by atoms with Gasteiger partial charge in [-0.25, -0.2) is 4.79 Å². The van der Waals surface area contributed by atoms with E-state index in [2.05, 4.69) is 5.32 Å². The van der Waals surface area contributed by atoms with Crippen LogP contribution in [0.1, 0.15) is 47.3 Å². The summed E-state index contributed by atoms with van der Waals surface area (Å²) < 4.78 is 21.8. The molecule has 0 aliphatic heterocycles. The van der Waals surface area contributed by atoms with Crippen LogP contribution in [0, 0.1) is 0 Å². The van der Waals surface area contributed by atoms with Crippen LogP contribution in [-0.4, -0.2) is 40.3 Å². The molecule has 7 heteroatoms. The number of carbonyl (C=O) groups is 2. The largest absolute Gasteiger partial charge is 0.493 e. The van der Waals surface area contributed by atoms with Crippen LogP contribution < -0.4 is 19.5 Å². The van der Waals surface area contributed by atoms with Gasteiger partial charge in [-0.2, -0.15) is 0 Å². The van der Waals surface area contributed by atoms with Crippen LogP contribution in [0.2, 0.25) is 0 Å². The summed E-state index contributed by atoms with van der Waals surface area (Å²) in [6.07, 6.45) is 2.37. The van der Waals surface area contributed by atoms with E-state index in [1.165, 1.54) is 14.0 Å². The molecular weight excluding hydrogens is 386 g/mol. The summed E-state index contributed by atoms with van der Waals surface area (Å²) in [6, 6.07) is 7.13. The predicted molar refractivity (Wildman–Crippen MR) is 112 cm³/mol. The zero-order chi connectivity index (χ0) is 21.8. The highest BCUT2D eigenvalue weighted by molar-refractivity contribution is 5.93. The van der Waals surface area contributed by atoms with Gasteiger partial charge in [-0.1, -0.05) is 6.07 Å². The lowest BCUT2D eigenvalue weighted by Crippen LogP contribution is -2.27. The van der Waals surface area contributed by atoms with E-state index in [0.717, 1.165) is 41.5 Å². The monoisotopic (exact) mass is 413 g/mol. The fourth-order valence-electron chi connectivity index (χ4n) is 4.07. The highest BCUT2D eigenvalue weighted by Gasteiger charge is 2.28. The Kier molecular flexibility index (Phi) is 6.50. The lowest BCUT2D eigenvalue weighted by atomic mass is 9.83. The normalized spacial score (nSPS) is 15.0. The van der Waals surface area contributed by atoms with E-state index in [-0.39, 0.29) is 11.9 Å². The Morgan fingerprint density at radius 1 is 1.00 bits per heavy atom. The number of benzene rings is 2. The number of amides is 1. The first-order chi connectivity index (χ1) is 14.4. The van der Waals surface area contributed by atoms with Gasteiger partial charge in [-0.3, -0.25) is 4.79 Å². The second-order valence-electron chi connectivity index (χ2n) is 7.12. The molecule has 30 heavy (non-hydrogen) atoms. The molecule has 1 aliphatic carbocycles. The second-order valence-corrected chi connectivity index (χ2v) is 7.12. The minimum Gasteiger partial charge on any atom is -0.493 e. The first kappa shape index (κ1) is 21.5. The molecule has 1 atom stereocenters. The van der Waals surface area contributed by atoms with Crippen molar-refractivity contribution in [1.29, 1.82) is 0 Å². The van der Waals surface area contributed by atoms with Crippen molar-refractivity contribution < 1.29 is 28.5 Å². The number of hydrogen-bond donors (Lipinski definition) is 1. The number of ether oxygens (including phenoxy) is 4. The average Bonchev–Trinajstić information content (AvgIpc) is 2.74. The van der Waals surface area contributed by atoms with E-state index >= 15 is 0 Å². The second kappa shape index (κ2) is 9.07. The highest BCUT2D eigenvalue weighted by Crippen LogP contribution is 2.50. The topological polar surface area (TPSA) is 83.1 Å². The molecule has 0 radical (unpaired) electrons. The lowest BCUT2D eigenvalue weighted by Gasteiger charge is -2.28. The van der Waals surface area contributed by atoms with Crippen molar-refractivity contribution in [2.45, 2.75) is 32.2 Å². The van der Waals surface area contributed by atoms with E-state index in [0.29, 0.717) is 22.8 Å². The summed E-state index contributed by atoms with van der Waals surface area (Å²) in [4.78, 5) is 24.1. The van der Waals surface area contributed by atoms with Gasteiger partial charge >= 0.3 is 5.97 Å². The molecule has 1 amide bonds. The Balaban J connectivity index is 2.36. The fourth-order valence-corrected chi connectivity index (χ4v) is 4.07. The van der Waals surface area contributed by atoms with Gasteiger partial charge in [0.15, 0.2) is 11.5 Å². The molecule has 1 unspecified atom stereocenters. The summed E-state index contributed by atoms with van der Waals surface area (Å²) in [5.41, 5.74) is 3.97. The minimum absolute atomic E-state index is 0.108. The van der Waals surface area contributed by atoms with Crippen molar-refractivity contribution in [2.24, 2.45) is 0 Å². The van der Waals surface area contributed by atoms with Crippen molar-refractivity contribution in [2.75, 3.05) is 28.4 Å². The van der Waals surface area contributed by atoms with E-state index in [9.17, 15) is 9.59 Å². The first-order valence-electron chi connectivity index (χ1n) is 9.76. The van der Waals surface area contributed by atoms with Gasteiger partial charge in [0.25, 0.3) is 0 Å². The first-order valence-corrected chi connectivity index (χ1v) is 9.76. The van der Waals surface area contributed by atoms with Crippen LogP contribution in [0.4, 0.5) is 0 Å². The molecule has 1 N–H and O–H groups in total. The van der Waals surface area contributed by atoms with Gasteiger partial charge in [-0.05, 0) is 54.2 Å². The number of fused-ring (bicyclic) bond motifs is 3. The number of hydrogen-bond acceptors (Lipinski definition) is 6. The molecular formula is C23H27NO6. The van der Waals surface area contributed by atoms with Gasteiger partial charge in [0, 0.05) is 12.5 Å². The molecule has 3 rings (SSSR count). The SMILES string of the molecule is COC(=O)c1ccc2c(c1)-c1c(cc(OC)c(OC)c1OC)CCCC2NC(C)=O. The van der Waals surface area contributed by atoms with Crippen LogP contribution in [0.3, 0.4) is 0 Å². The Labute approximate surface area is 176 Å². The molecule has 0 saturated heterocycles. The van der Waals surface area contributed by atoms with E-state index in [4.69, 9.17) is 18.9 Å². The van der Waals surface area contributed by atoms with Crippen LogP contribution in [-0.2, 0) is 16.0 Å². The molecule has 7 nitrogen and oxygen atoms in total. The van der Waals surface area contributed by atoms with Crippen molar-refractivity contribution in [3.05, 3.63) is 41.0 Å². The molecule has 1 aliphatic rings. The summed E-state index contributed by atoms with van der Waals surface area (Å²) in [5, 5.41) is 3.04. The lowest BCUT2D eigenvalue weighted by molar-refractivity contribution is -0.119. The van der Waals surface area contributed by atoms with Crippen LogP contribution in [0.15, 0.2) is 24.3 Å². The van der Waals surface area contributed by atoms with E-state index < -0.39 is 5.97 Å². The number of methoxy groups -OCH3 is 4.